The van der Waals surface area contributed by atoms with E-state index in [1.165, 1.54) is 16.8 Å². The van der Waals surface area contributed by atoms with Crippen LogP contribution in [0, 0.1) is 0 Å². The second-order valence-electron chi connectivity index (χ2n) is 2.21. The lowest BCUT2D eigenvalue weighted by Gasteiger charge is -1.96. The molecule has 0 bridgehead atoms. The molecule has 2 heterocycles. The monoisotopic (exact) mass is 153 g/mol. The van der Waals surface area contributed by atoms with Crippen molar-refractivity contribution in [2.45, 2.75) is 0 Å². The Balaban J connectivity index is 2.95. The molecule has 0 aliphatic carbocycles. The first-order chi connectivity index (χ1) is 5.20. The molecule has 0 aliphatic heterocycles. The number of rotatable bonds is 0. The van der Waals surface area contributed by atoms with E-state index in [0.29, 0.717) is 11.5 Å². The first kappa shape index (κ1) is 5.90. The summed E-state index contributed by atoms with van der Waals surface area (Å²) >= 11 is 0. The highest BCUT2D eigenvalue weighted by Gasteiger charge is 2.07. The zero-order valence-electron chi connectivity index (χ0n) is 5.60. The van der Waals surface area contributed by atoms with Gasteiger partial charge < -0.3 is 16.7 Å². The van der Waals surface area contributed by atoms with Crippen molar-refractivity contribution in [3.63, 3.8) is 0 Å². The van der Waals surface area contributed by atoms with Crippen LogP contribution in [0.4, 0.5) is 11.6 Å². The Labute approximate surface area is 61.6 Å². The first-order valence-electron chi connectivity index (χ1n) is 3.00. The van der Waals surface area contributed by atoms with E-state index < -0.39 is 0 Å². The second kappa shape index (κ2) is 1.60. The minimum atomic E-state index is 0.208. The molecule has 5 N–H and O–H groups in total. The number of fused-ring (bicyclic) bond motifs is 1. The van der Waals surface area contributed by atoms with Crippen LogP contribution in [0.3, 0.4) is 0 Å². The van der Waals surface area contributed by atoms with Crippen LogP contribution in [0.25, 0.3) is 5.65 Å². The predicted molar refractivity (Wildman–Crippen MR) is 39.2 cm³/mol. The number of nitrogen functional groups attached to an aromatic ring is 2. The van der Waals surface area contributed by atoms with Gasteiger partial charge in [-0.15, -0.1) is 0 Å². The van der Waals surface area contributed by atoms with Crippen LogP contribution in [0.2, 0.25) is 0 Å². The normalized spacial score (nSPS) is 10.9. The summed E-state index contributed by atoms with van der Waals surface area (Å²) < 4.78 is 1.30. The van der Waals surface area contributed by atoms with Crippen molar-refractivity contribution in [2.24, 2.45) is 0 Å². The summed E-state index contributed by atoms with van der Waals surface area (Å²) in [7, 11) is 0. The minimum absolute atomic E-state index is 0.208. The van der Waals surface area contributed by atoms with Gasteiger partial charge >= 0.3 is 0 Å². The summed E-state index contributed by atoms with van der Waals surface area (Å²) in [6, 6.07) is 1.52. The molecule has 0 aromatic carbocycles. The summed E-state index contributed by atoms with van der Waals surface area (Å²) in [5.41, 5.74) is 11.3. The molecule has 2 aromatic heterocycles. The molecule has 6 heteroatoms. The van der Waals surface area contributed by atoms with Gasteiger partial charge in [0.25, 0.3) is 0 Å². The quantitative estimate of drug-likeness (QED) is 0.446. The van der Waals surface area contributed by atoms with Crippen LogP contribution in [-0.2, 0) is 0 Å². The van der Waals surface area contributed by atoms with E-state index in [2.05, 4.69) is 4.98 Å². The Kier molecular flexibility index (Phi) is 0.857. The van der Waals surface area contributed by atoms with Crippen LogP contribution in [0.5, 0.6) is 0 Å². The number of imidazole rings is 1. The third kappa shape index (κ3) is 0.575. The maximum Gasteiger partial charge on any atom is 0.163 e. The summed E-state index contributed by atoms with van der Waals surface area (Å²) in [5.74, 6) is 0.555. The van der Waals surface area contributed by atoms with E-state index >= 15 is 0 Å². The topological polar surface area (TPSA) is 94.5 Å². The summed E-state index contributed by atoms with van der Waals surface area (Å²) in [6.07, 6.45) is 1.45. The Hall–Kier alpha value is -1.85. The molecule has 0 aliphatic rings. The minimum Gasteiger partial charge on any atom is -0.411 e. The molecule has 6 nitrogen and oxygen atoms in total. The fourth-order valence-corrected chi connectivity index (χ4v) is 0.984. The number of hydrogen-bond donors (Lipinski definition) is 3. The van der Waals surface area contributed by atoms with Gasteiger partial charge in [0.05, 0.1) is 6.20 Å². The fraction of sp³-hybridized carbons (Fsp3) is 0. The van der Waals surface area contributed by atoms with Gasteiger partial charge in [-0.3, -0.25) is 0 Å². The summed E-state index contributed by atoms with van der Waals surface area (Å²) in [5, 5.41) is 9.20. The van der Waals surface area contributed by atoms with Crippen LogP contribution in [0.15, 0.2) is 12.3 Å². The average Bonchev–Trinajstić information content (AvgIpc) is 2.41. The molecule has 0 saturated heterocycles. The fourth-order valence-electron chi connectivity index (χ4n) is 0.984. The highest BCUT2D eigenvalue weighted by molar-refractivity contribution is 5.53. The molecule has 11 heavy (non-hydrogen) atoms. The Morgan fingerprint density at radius 2 is 2.09 bits per heavy atom. The molecular weight excluding hydrogens is 146 g/mol. The average molecular weight is 153 g/mol. The van der Waals surface area contributed by atoms with Crippen LogP contribution in [-0.4, -0.2) is 19.6 Å². The smallest absolute Gasteiger partial charge is 0.163 e. The Morgan fingerprint density at radius 1 is 1.36 bits per heavy atom. The lowest BCUT2D eigenvalue weighted by atomic mass is 10.6. The Bertz CT molecular complexity index is 400. The first-order valence-corrected chi connectivity index (χ1v) is 3.00. The molecule has 0 spiro atoms. The number of aromatic nitrogens is 3. The SMILES string of the molecule is Nc1cc2ncc(N)n2n1O. The summed E-state index contributed by atoms with van der Waals surface area (Å²) in [4.78, 5) is 4.62. The highest BCUT2D eigenvalue weighted by atomic mass is 16.5. The number of anilines is 2. The van der Waals surface area contributed by atoms with Gasteiger partial charge in [0.2, 0.25) is 0 Å². The molecule has 2 aromatic rings. The van der Waals surface area contributed by atoms with Gasteiger partial charge in [-0.05, 0) is 0 Å². The van der Waals surface area contributed by atoms with E-state index in [9.17, 15) is 5.21 Å². The zero-order chi connectivity index (χ0) is 8.01. The van der Waals surface area contributed by atoms with E-state index in [4.69, 9.17) is 11.5 Å². The van der Waals surface area contributed by atoms with Crippen molar-refractivity contribution in [1.29, 1.82) is 0 Å². The maximum atomic E-state index is 9.20. The largest absolute Gasteiger partial charge is 0.411 e. The molecule has 0 saturated carbocycles. The molecule has 0 atom stereocenters. The number of nitrogens with zero attached hydrogens (tertiary/aromatic N) is 3. The molecule has 0 radical (unpaired) electrons. The van der Waals surface area contributed by atoms with E-state index in [1.54, 1.807) is 0 Å². The van der Waals surface area contributed by atoms with Gasteiger partial charge in [0, 0.05) is 6.07 Å². The maximum absolute atomic E-state index is 9.20. The lowest BCUT2D eigenvalue weighted by Crippen LogP contribution is -2.06. The summed E-state index contributed by atoms with van der Waals surface area (Å²) in [6.45, 7) is 0. The van der Waals surface area contributed by atoms with E-state index in [1.807, 2.05) is 0 Å². The third-order valence-corrected chi connectivity index (χ3v) is 1.49. The van der Waals surface area contributed by atoms with Crippen molar-refractivity contribution in [3.8, 4) is 0 Å². The lowest BCUT2D eigenvalue weighted by molar-refractivity contribution is 0.145. The number of hydrogen-bond acceptors (Lipinski definition) is 4. The van der Waals surface area contributed by atoms with Crippen molar-refractivity contribution in [2.75, 3.05) is 11.5 Å². The Morgan fingerprint density at radius 3 is 2.73 bits per heavy atom. The predicted octanol–water partition coefficient (Wildman–Crippen LogP) is -0.463. The van der Waals surface area contributed by atoms with E-state index in [-0.39, 0.29) is 5.82 Å². The molecule has 0 unspecified atom stereocenters. The van der Waals surface area contributed by atoms with Crippen molar-refractivity contribution >= 4 is 17.3 Å². The van der Waals surface area contributed by atoms with Gasteiger partial charge in [-0.25, -0.2) is 4.98 Å². The van der Waals surface area contributed by atoms with Crippen LogP contribution in [0.1, 0.15) is 0 Å². The molecule has 58 valence electrons. The second-order valence-corrected chi connectivity index (χ2v) is 2.21. The van der Waals surface area contributed by atoms with Crippen LogP contribution < -0.4 is 11.5 Å². The molecule has 0 fully saturated rings. The van der Waals surface area contributed by atoms with E-state index in [0.717, 1.165) is 4.85 Å². The number of nitrogens with two attached hydrogens (primary N) is 2. The van der Waals surface area contributed by atoms with Gasteiger partial charge in [-0.2, -0.15) is 4.52 Å². The van der Waals surface area contributed by atoms with Gasteiger partial charge in [0.15, 0.2) is 11.5 Å². The highest BCUT2D eigenvalue weighted by Crippen LogP contribution is 2.12. The third-order valence-electron chi connectivity index (χ3n) is 1.49. The zero-order valence-corrected chi connectivity index (χ0v) is 5.60. The van der Waals surface area contributed by atoms with Gasteiger partial charge in [0.1, 0.15) is 5.82 Å². The van der Waals surface area contributed by atoms with Crippen molar-refractivity contribution < 1.29 is 5.21 Å². The van der Waals surface area contributed by atoms with Crippen molar-refractivity contribution in [1.82, 2.24) is 14.3 Å². The van der Waals surface area contributed by atoms with Gasteiger partial charge in [-0.1, -0.05) is 4.85 Å². The molecule has 2 rings (SSSR count). The molecular formula is C5H7N5O. The standard InChI is InChI=1S/C5H7N5O/c6-3-1-5-8-2-4(7)9(5)10(3)11/h1-2,11H,6-7H2. The van der Waals surface area contributed by atoms with Crippen LogP contribution >= 0.6 is 0 Å². The van der Waals surface area contributed by atoms with Crippen molar-refractivity contribution in [3.05, 3.63) is 12.3 Å². The molecule has 0 amide bonds.